The minimum atomic E-state index is -1.34. The zero-order valence-corrected chi connectivity index (χ0v) is 10.7. The lowest BCUT2D eigenvalue weighted by molar-refractivity contribution is -0.141. The maximum Gasteiger partial charge on any atom is 0.249 e. The fourth-order valence-electron chi connectivity index (χ4n) is 2.13. The average molecular weight is 270 g/mol. The van der Waals surface area contributed by atoms with E-state index in [1.165, 1.54) is 0 Å². The fourth-order valence-corrected chi connectivity index (χ4v) is 2.32. The third-order valence-corrected chi connectivity index (χ3v) is 3.55. The number of piperidine rings is 1. The van der Waals surface area contributed by atoms with Crippen molar-refractivity contribution < 1.29 is 9.90 Å². The molecular formula is C12H16ClN3O2. The van der Waals surface area contributed by atoms with Crippen LogP contribution >= 0.6 is 11.6 Å². The number of primary amides is 1. The van der Waals surface area contributed by atoms with Gasteiger partial charge in [-0.15, -0.1) is 0 Å². The summed E-state index contributed by atoms with van der Waals surface area (Å²) in [6, 6.07) is 3.72. The van der Waals surface area contributed by atoms with Crippen molar-refractivity contribution in [3.63, 3.8) is 0 Å². The number of nitrogens with zero attached hydrogens (tertiary/aromatic N) is 2. The van der Waals surface area contributed by atoms with Crippen LogP contribution in [0.15, 0.2) is 18.3 Å². The molecule has 6 heteroatoms. The van der Waals surface area contributed by atoms with Gasteiger partial charge in [0.05, 0.1) is 0 Å². The molecular weight excluding hydrogens is 254 g/mol. The van der Waals surface area contributed by atoms with E-state index < -0.39 is 11.5 Å². The monoisotopic (exact) mass is 269 g/mol. The number of hydrogen-bond donors (Lipinski definition) is 2. The lowest BCUT2D eigenvalue weighted by Gasteiger charge is -2.36. The van der Waals surface area contributed by atoms with Gasteiger partial charge in [-0.2, -0.15) is 0 Å². The fraction of sp³-hybridized carbons (Fsp3) is 0.500. The van der Waals surface area contributed by atoms with E-state index in [1.807, 2.05) is 12.1 Å². The number of hydrogen-bond acceptors (Lipinski definition) is 4. The van der Waals surface area contributed by atoms with Gasteiger partial charge in [-0.05, 0) is 30.5 Å². The Bertz CT molecular complexity index is 445. The van der Waals surface area contributed by atoms with Crippen LogP contribution in [0.25, 0.3) is 0 Å². The molecule has 0 saturated carbocycles. The Morgan fingerprint density at radius 1 is 1.56 bits per heavy atom. The second kappa shape index (κ2) is 5.22. The molecule has 98 valence electrons. The second-order valence-electron chi connectivity index (χ2n) is 4.66. The van der Waals surface area contributed by atoms with E-state index in [0.29, 0.717) is 31.1 Å². The molecule has 1 fully saturated rings. The molecule has 0 aromatic carbocycles. The summed E-state index contributed by atoms with van der Waals surface area (Å²) in [5, 5.41) is 10.4. The Morgan fingerprint density at radius 3 is 2.78 bits per heavy atom. The van der Waals surface area contributed by atoms with E-state index >= 15 is 0 Å². The predicted molar refractivity (Wildman–Crippen MR) is 67.9 cm³/mol. The zero-order chi connectivity index (χ0) is 13.2. The number of amides is 1. The summed E-state index contributed by atoms with van der Waals surface area (Å²) >= 11 is 5.82. The summed E-state index contributed by atoms with van der Waals surface area (Å²) in [6.45, 7) is 2.01. The van der Waals surface area contributed by atoms with Gasteiger partial charge in [-0.1, -0.05) is 11.6 Å². The largest absolute Gasteiger partial charge is 0.380 e. The number of aliphatic hydroxyl groups is 1. The summed E-state index contributed by atoms with van der Waals surface area (Å²) in [6.07, 6.45) is 2.42. The van der Waals surface area contributed by atoms with E-state index in [2.05, 4.69) is 9.88 Å². The van der Waals surface area contributed by atoms with Gasteiger partial charge in [0, 0.05) is 25.8 Å². The first kappa shape index (κ1) is 13.3. The number of rotatable bonds is 3. The Hall–Kier alpha value is -1.17. The topological polar surface area (TPSA) is 79.5 Å². The predicted octanol–water partition coefficient (Wildman–Crippen LogP) is 0.547. The highest BCUT2D eigenvalue weighted by atomic mass is 35.5. The Kier molecular flexibility index (Phi) is 3.85. The number of likely N-dealkylation sites (tertiary alicyclic amines) is 1. The van der Waals surface area contributed by atoms with Crippen molar-refractivity contribution in [3.8, 4) is 0 Å². The van der Waals surface area contributed by atoms with Gasteiger partial charge in [-0.25, -0.2) is 4.98 Å². The van der Waals surface area contributed by atoms with Gasteiger partial charge in [0.15, 0.2) is 0 Å². The molecule has 1 aliphatic rings. The van der Waals surface area contributed by atoms with Gasteiger partial charge in [0.25, 0.3) is 0 Å². The van der Waals surface area contributed by atoms with Crippen LogP contribution < -0.4 is 5.73 Å². The van der Waals surface area contributed by atoms with Gasteiger partial charge in [0.1, 0.15) is 10.8 Å². The molecule has 3 N–H and O–H groups in total. The van der Waals surface area contributed by atoms with Crippen LogP contribution in [0.4, 0.5) is 0 Å². The van der Waals surface area contributed by atoms with Crippen molar-refractivity contribution in [1.29, 1.82) is 0 Å². The molecule has 1 aliphatic heterocycles. The third-order valence-electron chi connectivity index (χ3n) is 3.34. The van der Waals surface area contributed by atoms with Crippen LogP contribution in [0.1, 0.15) is 18.4 Å². The van der Waals surface area contributed by atoms with Gasteiger partial charge in [-0.3, -0.25) is 9.69 Å². The minimum Gasteiger partial charge on any atom is -0.380 e. The molecule has 0 spiro atoms. The molecule has 18 heavy (non-hydrogen) atoms. The Labute approximate surface area is 111 Å². The van der Waals surface area contributed by atoms with Crippen molar-refractivity contribution in [2.24, 2.45) is 5.73 Å². The summed E-state index contributed by atoms with van der Waals surface area (Å²) in [5.41, 5.74) is 4.91. The van der Waals surface area contributed by atoms with Gasteiger partial charge in [0.2, 0.25) is 5.91 Å². The van der Waals surface area contributed by atoms with Crippen LogP contribution in [0, 0.1) is 0 Å². The molecule has 0 atom stereocenters. The van der Waals surface area contributed by atoms with Crippen LogP contribution in [-0.2, 0) is 11.3 Å². The summed E-state index contributed by atoms with van der Waals surface area (Å²) in [7, 11) is 0. The van der Waals surface area contributed by atoms with E-state index in [1.54, 1.807) is 6.20 Å². The minimum absolute atomic E-state index is 0.376. The maximum absolute atomic E-state index is 11.1. The molecule has 1 saturated heterocycles. The van der Waals surface area contributed by atoms with Crippen LogP contribution in [0.3, 0.4) is 0 Å². The first-order valence-corrected chi connectivity index (χ1v) is 6.22. The number of carbonyl (C=O) groups is 1. The number of aromatic nitrogens is 1. The van der Waals surface area contributed by atoms with Gasteiger partial charge < -0.3 is 10.8 Å². The van der Waals surface area contributed by atoms with Crippen molar-refractivity contribution in [2.45, 2.75) is 25.0 Å². The van der Waals surface area contributed by atoms with Crippen LogP contribution in [0.2, 0.25) is 5.15 Å². The van der Waals surface area contributed by atoms with E-state index in [0.717, 1.165) is 12.1 Å². The number of pyridine rings is 1. The van der Waals surface area contributed by atoms with Crippen LogP contribution in [0.5, 0.6) is 0 Å². The molecule has 0 aliphatic carbocycles. The highest BCUT2D eigenvalue weighted by molar-refractivity contribution is 6.29. The molecule has 5 nitrogen and oxygen atoms in total. The quantitative estimate of drug-likeness (QED) is 0.786. The number of carbonyl (C=O) groups excluding carboxylic acids is 1. The van der Waals surface area contributed by atoms with Gasteiger partial charge >= 0.3 is 0 Å². The summed E-state index contributed by atoms with van der Waals surface area (Å²) in [4.78, 5) is 17.2. The van der Waals surface area contributed by atoms with E-state index in [-0.39, 0.29) is 0 Å². The molecule has 2 heterocycles. The molecule has 1 amide bonds. The van der Waals surface area contributed by atoms with Crippen molar-refractivity contribution in [3.05, 3.63) is 29.0 Å². The lowest BCUT2D eigenvalue weighted by atomic mass is 9.90. The van der Waals surface area contributed by atoms with Crippen molar-refractivity contribution >= 4 is 17.5 Å². The highest BCUT2D eigenvalue weighted by Crippen LogP contribution is 2.23. The normalized spacial score (nSPS) is 19.7. The molecule has 2 rings (SSSR count). The highest BCUT2D eigenvalue weighted by Gasteiger charge is 2.37. The summed E-state index contributed by atoms with van der Waals surface area (Å²) < 4.78 is 0. The maximum atomic E-state index is 11.1. The second-order valence-corrected chi connectivity index (χ2v) is 5.05. The Balaban J connectivity index is 1.93. The van der Waals surface area contributed by atoms with E-state index in [4.69, 9.17) is 17.3 Å². The molecule has 0 radical (unpaired) electrons. The third kappa shape index (κ3) is 2.98. The molecule has 1 aromatic heterocycles. The smallest absolute Gasteiger partial charge is 0.249 e. The van der Waals surface area contributed by atoms with Crippen molar-refractivity contribution in [2.75, 3.05) is 13.1 Å². The molecule has 1 aromatic rings. The zero-order valence-electron chi connectivity index (χ0n) is 9.97. The van der Waals surface area contributed by atoms with Crippen molar-refractivity contribution in [1.82, 2.24) is 9.88 Å². The SMILES string of the molecule is NC(=O)C1(O)CCN(Cc2ccnc(Cl)c2)CC1. The molecule has 0 bridgehead atoms. The number of nitrogens with two attached hydrogens (primary N) is 1. The molecule has 0 unspecified atom stereocenters. The summed E-state index contributed by atoms with van der Waals surface area (Å²) in [5.74, 6) is -0.630. The average Bonchev–Trinajstić information content (AvgIpc) is 2.32. The standard InChI is InChI=1S/C12H16ClN3O2/c13-10-7-9(1-4-15-10)8-16-5-2-12(18,3-6-16)11(14)17/h1,4,7,18H,2-3,5-6,8H2,(H2,14,17). The van der Waals surface area contributed by atoms with E-state index in [9.17, 15) is 9.90 Å². The Morgan fingerprint density at radius 2 is 2.22 bits per heavy atom. The first-order chi connectivity index (χ1) is 8.49. The lowest BCUT2D eigenvalue weighted by Crippen LogP contribution is -2.51. The number of halogens is 1. The van der Waals surface area contributed by atoms with Crippen LogP contribution in [-0.4, -0.2) is 39.6 Å². The first-order valence-electron chi connectivity index (χ1n) is 5.85.